The molecule has 0 unspecified atom stereocenters. The second-order valence-electron chi connectivity index (χ2n) is 5.98. The minimum absolute atomic E-state index is 0.201. The van der Waals surface area contributed by atoms with E-state index in [1.54, 1.807) is 0 Å². The van der Waals surface area contributed by atoms with E-state index in [1.165, 1.54) is 30.5 Å². The number of amides is 1. The first kappa shape index (κ1) is 19.7. The van der Waals surface area contributed by atoms with Gasteiger partial charge in [-0.2, -0.15) is 30.2 Å². The zero-order valence-corrected chi connectivity index (χ0v) is 14.7. The van der Waals surface area contributed by atoms with Gasteiger partial charge in [-0.3, -0.25) is 4.79 Å². The van der Waals surface area contributed by atoms with Gasteiger partial charge in [-0.1, -0.05) is 12.1 Å². The van der Waals surface area contributed by atoms with Gasteiger partial charge in [0.1, 0.15) is 0 Å². The maximum absolute atomic E-state index is 13.0. The number of hydrogen-bond donors (Lipinski definition) is 1. The van der Waals surface area contributed by atoms with Crippen molar-refractivity contribution in [2.75, 3.05) is 27.2 Å². The summed E-state index contributed by atoms with van der Waals surface area (Å²) in [5, 5.41) is 2.57. The summed E-state index contributed by atoms with van der Waals surface area (Å²) < 4.78 is 65.4. The molecule has 1 heterocycles. The molecule has 140 valence electrons. The van der Waals surface area contributed by atoms with Crippen molar-refractivity contribution in [1.82, 2.24) is 13.9 Å². The lowest BCUT2D eigenvalue weighted by atomic mass is 10.0. The van der Waals surface area contributed by atoms with E-state index >= 15 is 0 Å². The molecule has 1 aromatic carbocycles. The van der Waals surface area contributed by atoms with E-state index in [0.717, 1.165) is 16.4 Å². The summed E-state index contributed by atoms with van der Waals surface area (Å²) in [4.78, 5) is 12.2. The number of hydrogen-bond acceptors (Lipinski definition) is 3. The Balaban J connectivity index is 2.03. The molecule has 1 aromatic rings. The van der Waals surface area contributed by atoms with Crippen molar-refractivity contribution in [2.24, 2.45) is 0 Å². The minimum Gasteiger partial charge on any atom is -0.349 e. The van der Waals surface area contributed by atoms with Crippen LogP contribution in [0, 0.1) is 0 Å². The Labute approximate surface area is 144 Å². The van der Waals surface area contributed by atoms with Crippen LogP contribution in [0.3, 0.4) is 0 Å². The molecule has 0 spiro atoms. The van der Waals surface area contributed by atoms with Gasteiger partial charge < -0.3 is 5.32 Å². The number of carbonyl (C=O) groups is 1. The summed E-state index contributed by atoms with van der Waals surface area (Å²) in [7, 11) is -0.669. The highest BCUT2D eigenvalue weighted by Crippen LogP contribution is 2.32. The molecule has 2 rings (SSSR count). The molecule has 1 amide bonds. The van der Waals surface area contributed by atoms with Crippen LogP contribution in [0.5, 0.6) is 0 Å². The SMILES string of the molecule is CN(C)S(=O)(=O)N1CCC(NC(=O)c2ccccc2C(F)(F)F)CC1. The van der Waals surface area contributed by atoms with Gasteiger partial charge in [-0.15, -0.1) is 0 Å². The van der Waals surface area contributed by atoms with Gasteiger partial charge in [0.25, 0.3) is 16.1 Å². The predicted octanol–water partition coefficient (Wildman–Crippen LogP) is 1.71. The van der Waals surface area contributed by atoms with Gasteiger partial charge >= 0.3 is 6.18 Å². The molecular formula is C15H20F3N3O3S. The Hall–Kier alpha value is -1.65. The molecule has 0 saturated carbocycles. The Morgan fingerprint density at radius 3 is 2.28 bits per heavy atom. The minimum atomic E-state index is -4.61. The molecule has 0 aliphatic carbocycles. The summed E-state index contributed by atoms with van der Waals surface area (Å²) in [5.41, 5.74) is -1.42. The van der Waals surface area contributed by atoms with Gasteiger partial charge in [0.2, 0.25) is 0 Å². The van der Waals surface area contributed by atoms with E-state index in [-0.39, 0.29) is 19.1 Å². The van der Waals surface area contributed by atoms with Crippen LogP contribution in [-0.4, -0.2) is 56.2 Å². The molecule has 0 aromatic heterocycles. The van der Waals surface area contributed by atoms with Crippen LogP contribution in [0.15, 0.2) is 24.3 Å². The maximum atomic E-state index is 13.0. The van der Waals surface area contributed by atoms with Crippen LogP contribution in [0.1, 0.15) is 28.8 Å². The fourth-order valence-corrected chi connectivity index (χ4v) is 3.79. The normalized spacial score (nSPS) is 17.7. The Kier molecular flexibility index (Phi) is 5.75. The number of nitrogens with one attached hydrogen (secondary N) is 1. The third kappa shape index (κ3) is 4.50. The molecule has 0 radical (unpaired) electrons. The highest BCUT2D eigenvalue weighted by atomic mass is 32.2. The van der Waals surface area contributed by atoms with E-state index in [1.807, 2.05) is 0 Å². The van der Waals surface area contributed by atoms with E-state index in [9.17, 15) is 26.4 Å². The molecule has 6 nitrogen and oxygen atoms in total. The third-order valence-electron chi connectivity index (χ3n) is 4.05. The molecule has 1 aliphatic heterocycles. The second-order valence-corrected chi connectivity index (χ2v) is 8.12. The Morgan fingerprint density at radius 1 is 1.20 bits per heavy atom. The number of halogens is 3. The molecule has 10 heteroatoms. The van der Waals surface area contributed by atoms with Crippen molar-refractivity contribution in [3.05, 3.63) is 35.4 Å². The standard InChI is InChI=1S/C15H20F3N3O3S/c1-20(2)25(23,24)21-9-7-11(8-10-21)19-14(22)12-5-3-4-6-13(12)15(16,17)18/h3-6,11H,7-10H2,1-2H3,(H,19,22). The highest BCUT2D eigenvalue weighted by Gasteiger charge is 2.36. The van der Waals surface area contributed by atoms with E-state index in [2.05, 4.69) is 5.32 Å². The largest absolute Gasteiger partial charge is 0.417 e. The average molecular weight is 379 g/mol. The molecule has 0 bridgehead atoms. The lowest BCUT2D eigenvalue weighted by molar-refractivity contribution is -0.137. The average Bonchev–Trinajstić information content (AvgIpc) is 2.54. The van der Waals surface area contributed by atoms with Crippen LogP contribution >= 0.6 is 0 Å². The summed E-state index contributed by atoms with van der Waals surface area (Å²) >= 11 is 0. The smallest absolute Gasteiger partial charge is 0.349 e. The first-order valence-corrected chi connectivity index (χ1v) is 9.08. The van der Waals surface area contributed by atoms with Gasteiger partial charge in [0.15, 0.2) is 0 Å². The fourth-order valence-electron chi connectivity index (χ4n) is 2.65. The summed E-state index contributed by atoms with van der Waals surface area (Å²) in [6, 6.07) is 4.22. The maximum Gasteiger partial charge on any atom is 0.417 e. The van der Waals surface area contributed by atoms with Crippen molar-refractivity contribution in [1.29, 1.82) is 0 Å². The Morgan fingerprint density at radius 2 is 1.76 bits per heavy atom. The van der Waals surface area contributed by atoms with Gasteiger partial charge in [-0.05, 0) is 25.0 Å². The summed E-state index contributed by atoms with van der Waals surface area (Å²) in [6.45, 7) is 0.402. The lowest BCUT2D eigenvalue weighted by Gasteiger charge is -2.33. The summed E-state index contributed by atoms with van der Waals surface area (Å²) in [5.74, 6) is -0.804. The first-order chi connectivity index (χ1) is 11.5. The molecule has 0 atom stereocenters. The van der Waals surface area contributed by atoms with Crippen molar-refractivity contribution in [2.45, 2.75) is 25.1 Å². The van der Waals surface area contributed by atoms with Crippen molar-refractivity contribution in [3.63, 3.8) is 0 Å². The van der Waals surface area contributed by atoms with Crippen LogP contribution in [0.25, 0.3) is 0 Å². The number of benzene rings is 1. The highest BCUT2D eigenvalue weighted by molar-refractivity contribution is 7.86. The van der Waals surface area contributed by atoms with Crippen LogP contribution in [-0.2, 0) is 16.4 Å². The molecule has 1 aliphatic rings. The van der Waals surface area contributed by atoms with Crippen LogP contribution in [0.4, 0.5) is 13.2 Å². The number of piperidine rings is 1. The van der Waals surface area contributed by atoms with Crippen molar-refractivity contribution < 1.29 is 26.4 Å². The van der Waals surface area contributed by atoms with Crippen LogP contribution in [0.2, 0.25) is 0 Å². The number of carbonyl (C=O) groups excluding carboxylic acids is 1. The van der Waals surface area contributed by atoms with Gasteiger partial charge in [0.05, 0.1) is 11.1 Å². The van der Waals surface area contributed by atoms with Crippen LogP contribution < -0.4 is 5.32 Å². The zero-order chi connectivity index (χ0) is 18.8. The summed E-state index contributed by atoms with van der Waals surface area (Å²) in [6.07, 6.45) is -3.93. The molecule has 1 N–H and O–H groups in total. The molecule has 25 heavy (non-hydrogen) atoms. The first-order valence-electron chi connectivity index (χ1n) is 7.68. The molecule has 1 fully saturated rings. The topological polar surface area (TPSA) is 69.7 Å². The van der Waals surface area contributed by atoms with E-state index < -0.39 is 33.4 Å². The Bertz CT molecular complexity index is 727. The second kappa shape index (κ2) is 7.30. The molecule has 1 saturated heterocycles. The monoisotopic (exact) mass is 379 g/mol. The molecular weight excluding hydrogens is 359 g/mol. The lowest BCUT2D eigenvalue weighted by Crippen LogP contribution is -2.49. The van der Waals surface area contributed by atoms with E-state index in [4.69, 9.17) is 0 Å². The third-order valence-corrected chi connectivity index (χ3v) is 5.99. The van der Waals surface area contributed by atoms with Gasteiger partial charge in [-0.25, -0.2) is 0 Å². The van der Waals surface area contributed by atoms with Crippen molar-refractivity contribution >= 4 is 16.1 Å². The number of nitrogens with zero attached hydrogens (tertiary/aromatic N) is 2. The fraction of sp³-hybridized carbons (Fsp3) is 0.533. The van der Waals surface area contributed by atoms with E-state index in [0.29, 0.717) is 12.8 Å². The number of alkyl halides is 3. The predicted molar refractivity (Wildman–Crippen MR) is 86.1 cm³/mol. The zero-order valence-electron chi connectivity index (χ0n) is 13.9. The number of rotatable bonds is 4. The quantitative estimate of drug-likeness (QED) is 0.866. The van der Waals surface area contributed by atoms with Crippen molar-refractivity contribution in [3.8, 4) is 0 Å². The van der Waals surface area contributed by atoms with Gasteiger partial charge in [0, 0.05) is 33.2 Å².